The topological polar surface area (TPSA) is 75.8 Å². The van der Waals surface area contributed by atoms with Crippen LogP contribution in [0, 0.1) is 10.1 Å². The lowest BCUT2D eigenvalue weighted by molar-refractivity contribution is -0.384. The Morgan fingerprint density at radius 3 is 2.58 bits per heavy atom. The van der Waals surface area contributed by atoms with Gasteiger partial charge in [0.1, 0.15) is 5.02 Å². The first kappa shape index (κ1) is 15.9. The molecule has 0 radical (unpaired) electrons. The largest absolute Gasteiger partial charge is 0.288 e. The molecule has 3 rings (SSSR count). The van der Waals surface area contributed by atoms with Gasteiger partial charge in [-0.25, -0.2) is 0 Å². The van der Waals surface area contributed by atoms with Gasteiger partial charge in [0.05, 0.1) is 21.9 Å². The Hall–Kier alpha value is -2.99. The van der Waals surface area contributed by atoms with Crippen molar-refractivity contribution in [2.75, 3.05) is 5.01 Å². The van der Waals surface area contributed by atoms with Gasteiger partial charge in [0.15, 0.2) is 0 Å². The van der Waals surface area contributed by atoms with Crippen molar-refractivity contribution in [2.45, 2.75) is 6.92 Å². The molecule has 0 saturated heterocycles. The van der Waals surface area contributed by atoms with Crippen LogP contribution in [0.4, 0.5) is 11.4 Å². The summed E-state index contributed by atoms with van der Waals surface area (Å²) in [6.07, 6.45) is 1.58. The molecule has 1 aliphatic rings. The number of halogens is 1. The highest BCUT2D eigenvalue weighted by Gasteiger charge is 2.28. The van der Waals surface area contributed by atoms with E-state index in [4.69, 9.17) is 11.6 Å². The number of hydrogen-bond acceptors (Lipinski definition) is 4. The smallest absolute Gasteiger partial charge is 0.267 e. The summed E-state index contributed by atoms with van der Waals surface area (Å²) in [6.45, 7) is 1.72. The molecule has 2 aromatic carbocycles. The number of anilines is 1. The first-order chi connectivity index (χ1) is 11.5. The fourth-order valence-electron chi connectivity index (χ4n) is 2.35. The van der Waals surface area contributed by atoms with Crippen LogP contribution in [0.25, 0.3) is 6.08 Å². The van der Waals surface area contributed by atoms with Gasteiger partial charge in [-0.3, -0.25) is 14.9 Å². The van der Waals surface area contributed by atoms with Crippen molar-refractivity contribution in [1.82, 2.24) is 0 Å². The molecule has 0 N–H and O–H groups in total. The van der Waals surface area contributed by atoms with Crippen molar-refractivity contribution in [3.8, 4) is 0 Å². The van der Waals surface area contributed by atoms with Crippen LogP contribution in [0.2, 0.25) is 5.02 Å². The van der Waals surface area contributed by atoms with Crippen molar-refractivity contribution in [1.29, 1.82) is 0 Å². The molecule has 0 atom stereocenters. The third kappa shape index (κ3) is 2.91. The van der Waals surface area contributed by atoms with E-state index in [0.29, 0.717) is 22.5 Å². The number of nitro benzene ring substituents is 1. The zero-order valence-electron chi connectivity index (χ0n) is 12.6. The van der Waals surface area contributed by atoms with Crippen LogP contribution in [0.3, 0.4) is 0 Å². The number of nitrogens with zero attached hydrogens (tertiary/aromatic N) is 3. The first-order valence-electron chi connectivity index (χ1n) is 7.08. The maximum atomic E-state index is 12.6. The van der Waals surface area contributed by atoms with Crippen LogP contribution in [-0.2, 0) is 4.79 Å². The minimum atomic E-state index is -0.558. The van der Waals surface area contributed by atoms with Gasteiger partial charge in [0.2, 0.25) is 0 Å². The summed E-state index contributed by atoms with van der Waals surface area (Å²) in [5.41, 5.74) is 1.90. The highest BCUT2D eigenvalue weighted by molar-refractivity contribution is 6.33. The van der Waals surface area contributed by atoms with E-state index in [1.807, 2.05) is 18.2 Å². The number of carbonyl (C=O) groups is 1. The van der Waals surface area contributed by atoms with E-state index in [-0.39, 0.29) is 16.6 Å². The van der Waals surface area contributed by atoms with Crippen LogP contribution in [0.5, 0.6) is 0 Å². The summed E-state index contributed by atoms with van der Waals surface area (Å²) in [4.78, 5) is 23.0. The molecule has 120 valence electrons. The molecule has 1 amide bonds. The predicted molar refractivity (Wildman–Crippen MR) is 93.1 cm³/mol. The molecule has 1 heterocycles. The SMILES string of the molecule is CC1=NN(c2ccccc2)C(=O)/C1=C/c1ccc(Cl)c([N+](=O)[O-])c1. The molecule has 1 aliphatic heterocycles. The van der Waals surface area contributed by atoms with Gasteiger partial charge in [0, 0.05) is 6.07 Å². The Balaban J connectivity index is 1.97. The molecular weight excluding hydrogens is 330 g/mol. The van der Waals surface area contributed by atoms with E-state index in [0.717, 1.165) is 0 Å². The fourth-order valence-corrected chi connectivity index (χ4v) is 2.54. The van der Waals surface area contributed by atoms with Gasteiger partial charge in [-0.1, -0.05) is 35.9 Å². The number of hydrazone groups is 1. The zero-order chi connectivity index (χ0) is 17.3. The quantitative estimate of drug-likeness (QED) is 0.480. The summed E-state index contributed by atoms with van der Waals surface area (Å²) in [5.74, 6) is -0.281. The summed E-state index contributed by atoms with van der Waals surface area (Å²) in [5, 5.41) is 16.6. The van der Waals surface area contributed by atoms with Crippen LogP contribution < -0.4 is 5.01 Å². The molecule has 0 unspecified atom stereocenters. The second kappa shape index (κ2) is 6.25. The summed E-state index contributed by atoms with van der Waals surface area (Å²) in [7, 11) is 0. The molecule has 0 aliphatic carbocycles. The van der Waals surface area contributed by atoms with Crippen molar-refractivity contribution < 1.29 is 9.72 Å². The van der Waals surface area contributed by atoms with Gasteiger partial charge >= 0.3 is 0 Å². The van der Waals surface area contributed by atoms with Crippen LogP contribution in [-0.4, -0.2) is 16.5 Å². The van der Waals surface area contributed by atoms with Gasteiger partial charge in [-0.2, -0.15) is 10.1 Å². The normalized spacial score (nSPS) is 15.8. The Morgan fingerprint density at radius 2 is 1.92 bits per heavy atom. The average molecular weight is 342 g/mol. The minimum Gasteiger partial charge on any atom is -0.267 e. The Labute approximate surface area is 142 Å². The number of carbonyl (C=O) groups excluding carboxylic acids is 1. The molecule has 0 bridgehead atoms. The second-order valence-corrected chi connectivity index (χ2v) is 5.57. The highest BCUT2D eigenvalue weighted by atomic mass is 35.5. The maximum absolute atomic E-state index is 12.6. The summed E-state index contributed by atoms with van der Waals surface area (Å²) >= 11 is 5.81. The van der Waals surface area contributed by atoms with Crippen molar-refractivity contribution in [2.24, 2.45) is 5.10 Å². The van der Waals surface area contributed by atoms with E-state index in [2.05, 4.69) is 5.10 Å². The van der Waals surface area contributed by atoms with E-state index < -0.39 is 4.92 Å². The van der Waals surface area contributed by atoms with Gasteiger partial charge in [-0.05, 0) is 36.8 Å². The Bertz CT molecular complexity index is 891. The Kier molecular flexibility index (Phi) is 4.14. The number of amides is 1. The van der Waals surface area contributed by atoms with Gasteiger partial charge in [0.25, 0.3) is 11.6 Å². The van der Waals surface area contributed by atoms with E-state index in [1.54, 1.807) is 31.2 Å². The van der Waals surface area contributed by atoms with Crippen LogP contribution in [0.1, 0.15) is 12.5 Å². The lowest BCUT2D eigenvalue weighted by atomic mass is 10.1. The lowest BCUT2D eigenvalue weighted by Gasteiger charge is -2.11. The van der Waals surface area contributed by atoms with E-state index in [9.17, 15) is 14.9 Å². The Morgan fingerprint density at radius 1 is 1.21 bits per heavy atom. The standard InChI is InChI=1S/C17H12ClN3O3/c1-11-14(9-12-7-8-15(18)16(10-12)21(23)24)17(22)20(19-11)13-5-3-2-4-6-13/h2-10H,1H3/b14-9+. The van der Waals surface area contributed by atoms with Gasteiger partial charge in [-0.15, -0.1) is 0 Å². The van der Waals surface area contributed by atoms with Crippen molar-refractivity contribution in [3.63, 3.8) is 0 Å². The predicted octanol–water partition coefficient (Wildman–Crippen LogP) is 4.05. The summed E-state index contributed by atoms with van der Waals surface area (Å²) in [6, 6.07) is 13.4. The van der Waals surface area contributed by atoms with E-state index >= 15 is 0 Å². The highest BCUT2D eigenvalue weighted by Crippen LogP contribution is 2.28. The average Bonchev–Trinajstić information content (AvgIpc) is 2.85. The zero-order valence-corrected chi connectivity index (χ0v) is 13.4. The molecule has 0 fully saturated rings. The lowest BCUT2D eigenvalue weighted by Crippen LogP contribution is -2.21. The third-order valence-electron chi connectivity index (χ3n) is 3.54. The number of rotatable bonds is 3. The van der Waals surface area contributed by atoms with E-state index in [1.165, 1.54) is 17.1 Å². The van der Waals surface area contributed by atoms with Gasteiger partial charge < -0.3 is 0 Å². The number of hydrogen-bond donors (Lipinski definition) is 0. The van der Waals surface area contributed by atoms with Crippen molar-refractivity contribution >= 4 is 40.7 Å². The number of benzene rings is 2. The number of para-hydroxylation sites is 1. The molecule has 0 saturated carbocycles. The van der Waals surface area contributed by atoms with Crippen LogP contribution >= 0.6 is 11.6 Å². The van der Waals surface area contributed by atoms with Crippen molar-refractivity contribution in [3.05, 3.63) is 74.8 Å². The third-order valence-corrected chi connectivity index (χ3v) is 3.86. The maximum Gasteiger partial charge on any atom is 0.288 e. The molecule has 0 spiro atoms. The molecular formula is C17H12ClN3O3. The summed E-state index contributed by atoms with van der Waals surface area (Å²) < 4.78 is 0. The van der Waals surface area contributed by atoms with Crippen LogP contribution in [0.15, 0.2) is 59.2 Å². The number of nitro groups is 1. The molecule has 0 aromatic heterocycles. The second-order valence-electron chi connectivity index (χ2n) is 5.16. The molecule has 7 heteroatoms. The monoisotopic (exact) mass is 341 g/mol. The fraction of sp³-hybridized carbons (Fsp3) is 0.0588. The minimum absolute atomic E-state index is 0.0520. The first-order valence-corrected chi connectivity index (χ1v) is 7.46. The molecule has 24 heavy (non-hydrogen) atoms. The molecule has 6 nitrogen and oxygen atoms in total. The molecule has 2 aromatic rings.